The molecule has 2 aliphatic heterocycles. The summed E-state index contributed by atoms with van der Waals surface area (Å²) in [6, 6.07) is 11.9. The first kappa shape index (κ1) is 31.7. The Balaban J connectivity index is 1.33. The fraction of sp³-hybridized carbons (Fsp3) is 0.414. The van der Waals surface area contributed by atoms with Crippen LogP contribution < -0.4 is 15.8 Å². The van der Waals surface area contributed by atoms with Crippen molar-refractivity contribution < 1.29 is 37.0 Å². The fourth-order valence-corrected chi connectivity index (χ4v) is 7.21. The fourth-order valence-electron chi connectivity index (χ4n) is 5.21. The zero-order valence-corrected chi connectivity index (χ0v) is 25.5. The Bertz CT molecular complexity index is 1630. The third kappa shape index (κ3) is 7.33. The molecular formula is C29H34ClN5O8S. The molecule has 0 spiro atoms. The Hall–Kier alpha value is -3.69. The molecule has 1 unspecified atom stereocenters. The molecule has 3 heterocycles. The molecule has 4 N–H and O–H groups in total. The maximum absolute atomic E-state index is 14.0. The zero-order valence-electron chi connectivity index (χ0n) is 23.9. The average molecular weight is 648 g/mol. The number of benzene rings is 2. The lowest BCUT2D eigenvalue weighted by molar-refractivity contribution is -0.135. The van der Waals surface area contributed by atoms with Crippen molar-refractivity contribution in [1.29, 1.82) is 0 Å². The third-order valence-corrected chi connectivity index (χ3v) is 9.55. The Kier molecular flexibility index (Phi) is 10.1. The minimum atomic E-state index is -4.29. The van der Waals surface area contributed by atoms with Gasteiger partial charge in [0.2, 0.25) is 21.8 Å². The summed E-state index contributed by atoms with van der Waals surface area (Å²) >= 11 is 6.37. The van der Waals surface area contributed by atoms with E-state index < -0.39 is 27.9 Å². The molecule has 0 saturated carbocycles. The van der Waals surface area contributed by atoms with Crippen LogP contribution in [0.15, 0.2) is 47.4 Å². The van der Waals surface area contributed by atoms with E-state index in [1.54, 1.807) is 17.0 Å². The summed E-state index contributed by atoms with van der Waals surface area (Å²) in [5.74, 6) is -0.824. The van der Waals surface area contributed by atoms with Crippen LogP contribution in [-0.4, -0.2) is 99.0 Å². The van der Waals surface area contributed by atoms with Gasteiger partial charge in [-0.25, -0.2) is 8.42 Å². The van der Waals surface area contributed by atoms with Gasteiger partial charge in [0.1, 0.15) is 29.0 Å². The number of para-hydroxylation sites is 1. The van der Waals surface area contributed by atoms with Gasteiger partial charge in [-0.3, -0.25) is 14.4 Å². The first-order valence-electron chi connectivity index (χ1n) is 14.2. The number of halogens is 1. The number of aromatic nitrogens is 1. The van der Waals surface area contributed by atoms with Crippen molar-refractivity contribution in [2.75, 3.05) is 57.9 Å². The summed E-state index contributed by atoms with van der Waals surface area (Å²) < 4.78 is 46.0. The zero-order chi connectivity index (χ0) is 31.3. The number of fused-ring (bicyclic) bond motifs is 1. The quantitative estimate of drug-likeness (QED) is 0.284. The minimum absolute atomic E-state index is 0.0205. The highest BCUT2D eigenvalue weighted by molar-refractivity contribution is 7.89. The number of H-pyrrole nitrogens is 1. The number of amides is 3. The molecule has 44 heavy (non-hydrogen) atoms. The molecule has 236 valence electrons. The van der Waals surface area contributed by atoms with E-state index in [1.807, 2.05) is 18.2 Å². The van der Waals surface area contributed by atoms with Crippen LogP contribution in [0.25, 0.3) is 10.9 Å². The molecule has 2 aromatic carbocycles. The van der Waals surface area contributed by atoms with Crippen molar-refractivity contribution in [3.05, 3.63) is 53.2 Å². The van der Waals surface area contributed by atoms with Gasteiger partial charge >= 0.3 is 0 Å². The number of rotatable bonds is 11. The number of morpholine rings is 2. The van der Waals surface area contributed by atoms with Crippen LogP contribution in [0.5, 0.6) is 5.75 Å². The van der Waals surface area contributed by atoms with E-state index in [9.17, 15) is 22.8 Å². The molecule has 15 heteroatoms. The topological polar surface area (TPSA) is 173 Å². The number of nitrogens with zero attached hydrogens (tertiary/aromatic N) is 2. The van der Waals surface area contributed by atoms with Crippen LogP contribution in [0.1, 0.15) is 29.8 Å². The van der Waals surface area contributed by atoms with E-state index in [1.165, 1.54) is 16.4 Å². The highest BCUT2D eigenvalue weighted by Crippen LogP contribution is 2.36. The number of aromatic amines is 1. The Morgan fingerprint density at radius 2 is 1.82 bits per heavy atom. The van der Waals surface area contributed by atoms with Gasteiger partial charge in [0.15, 0.2) is 0 Å². The molecule has 0 aliphatic carbocycles. The van der Waals surface area contributed by atoms with Crippen molar-refractivity contribution in [2.45, 2.75) is 30.3 Å². The van der Waals surface area contributed by atoms with Gasteiger partial charge in [-0.2, -0.15) is 4.31 Å². The monoisotopic (exact) mass is 647 g/mol. The van der Waals surface area contributed by atoms with E-state index in [0.29, 0.717) is 38.5 Å². The second-order valence-corrected chi connectivity index (χ2v) is 12.8. The van der Waals surface area contributed by atoms with Crippen molar-refractivity contribution in [3.8, 4) is 5.75 Å². The summed E-state index contributed by atoms with van der Waals surface area (Å²) in [5.41, 5.74) is 5.65. The maximum atomic E-state index is 14.0. The molecular weight excluding hydrogens is 614 g/mol. The predicted molar refractivity (Wildman–Crippen MR) is 162 cm³/mol. The van der Waals surface area contributed by atoms with Gasteiger partial charge in [0.25, 0.3) is 5.91 Å². The highest BCUT2D eigenvalue weighted by atomic mass is 35.5. The summed E-state index contributed by atoms with van der Waals surface area (Å²) in [7, 11) is -4.29. The van der Waals surface area contributed by atoms with E-state index in [0.717, 1.165) is 0 Å². The number of nitrogens with two attached hydrogens (primary N) is 1. The van der Waals surface area contributed by atoms with Crippen LogP contribution in [0.3, 0.4) is 0 Å². The van der Waals surface area contributed by atoms with E-state index >= 15 is 0 Å². The molecule has 0 radical (unpaired) electrons. The third-order valence-electron chi connectivity index (χ3n) is 7.38. The molecule has 0 bridgehead atoms. The highest BCUT2D eigenvalue weighted by Gasteiger charge is 2.36. The molecule has 3 amide bonds. The van der Waals surface area contributed by atoms with Crippen LogP contribution in [0.2, 0.25) is 5.02 Å². The largest absolute Gasteiger partial charge is 0.491 e. The normalized spacial score (nSPS) is 17.8. The number of sulfonamides is 1. The second kappa shape index (κ2) is 13.9. The van der Waals surface area contributed by atoms with E-state index in [4.69, 9.17) is 31.5 Å². The van der Waals surface area contributed by atoms with E-state index in [2.05, 4.69) is 10.3 Å². The van der Waals surface area contributed by atoms with Gasteiger partial charge < -0.3 is 35.1 Å². The van der Waals surface area contributed by atoms with Crippen molar-refractivity contribution in [1.82, 2.24) is 14.2 Å². The van der Waals surface area contributed by atoms with Crippen molar-refractivity contribution in [2.24, 2.45) is 5.73 Å². The molecule has 2 fully saturated rings. The molecule has 5 rings (SSSR count). The molecule has 1 atom stereocenters. The summed E-state index contributed by atoms with van der Waals surface area (Å²) in [5, 5.41) is 2.97. The molecule has 13 nitrogen and oxygen atoms in total. The van der Waals surface area contributed by atoms with Gasteiger partial charge in [0.05, 0.1) is 31.0 Å². The van der Waals surface area contributed by atoms with Crippen LogP contribution >= 0.6 is 11.6 Å². The number of primary amides is 1. The minimum Gasteiger partial charge on any atom is -0.491 e. The first-order chi connectivity index (χ1) is 21.1. The number of ether oxygens (including phenoxy) is 3. The predicted octanol–water partition coefficient (Wildman–Crippen LogP) is 2.36. The van der Waals surface area contributed by atoms with Crippen molar-refractivity contribution >= 4 is 55.9 Å². The molecule has 2 saturated heterocycles. The number of hydrogen-bond acceptors (Lipinski definition) is 8. The lowest BCUT2D eigenvalue weighted by Crippen LogP contribution is -2.47. The van der Waals surface area contributed by atoms with Crippen LogP contribution in [0, 0.1) is 0 Å². The molecule has 1 aromatic heterocycles. The standard InChI is InChI=1S/C29H34ClN5O8S/c30-19-15-22-26(23(16-19)32-24(36)7-4-8-25(37)34-9-12-41-13-10-34)33-27(29(31)38)28(22)44(39,40)35-11-14-42-21(17-35)18-43-20-5-2-1-3-6-20/h1-3,5-6,15-16,21,33H,4,7-14,17-18H2,(H2,31,38)(H,32,36). The number of carbonyl (C=O) groups excluding carboxylic acids is 3. The lowest BCUT2D eigenvalue weighted by Gasteiger charge is -2.32. The first-order valence-corrected chi connectivity index (χ1v) is 16.1. The van der Waals surface area contributed by atoms with Gasteiger partial charge in [-0.05, 0) is 30.7 Å². The maximum Gasteiger partial charge on any atom is 0.266 e. The van der Waals surface area contributed by atoms with Crippen LogP contribution in [-0.2, 0) is 29.1 Å². The van der Waals surface area contributed by atoms with Gasteiger partial charge in [-0.1, -0.05) is 29.8 Å². The summed E-state index contributed by atoms with van der Waals surface area (Å²) in [4.78, 5) is 41.9. The second-order valence-electron chi connectivity index (χ2n) is 10.4. The number of carbonyl (C=O) groups is 3. The Labute approximate surface area is 259 Å². The SMILES string of the molecule is NC(=O)c1[nH]c2c(NC(=O)CCCC(=O)N3CCOCC3)cc(Cl)cc2c1S(=O)(=O)N1CCOC(COc2ccccc2)C1. The number of nitrogens with one attached hydrogen (secondary N) is 2. The Morgan fingerprint density at radius 1 is 1.07 bits per heavy atom. The van der Waals surface area contributed by atoms with Crippen molar-refractivity contribution in [3.63, 3.8) is 0 Å². The number of hydrogen-bond donors (Lipinski definition) is 3. The Morgan fingerprint density at radius 3 is 2.55 bits per heavy atom. The smallest absolute Gasteiger partial charge is 0.266 e. The summed E-state index contributed by atoms with van der Waals surface area (Å²) in [6.45, 7) is 2.30. The van der Waals surface area contributed by atoms with Crippen LogP contribution in [0.4, 0.5) is 5.69 Å². The summed E-state index contributed by atoms with van der Waals surface area (Å²) in [6.07, 6.45) is -0.00538. The molecule has 3 aromatic rings. The number of anilines is 1. The van der Waals surface area contributed by atoms with Gasteiger partial charge in [-0.15, -0.1) is 0 Å². The lowest BCUT2D eigenvalue weighted by atomic mass is 10.2. The average Bonchev–Trinajstić information content (AvgIpc) is 3.42. The van der Waals surface area contributed by atoms with E-state index in [-0.39, 0.29) is 77.3 Å². The molecule has 2 aliphatic rings. The van der Waals surface area contributed by atoms with Gasteiger partial charge in [0, 0.05) is 49.4 Å².